The molecule has 2 aromatic rings. The highest BCUT2D eigenvalue weighted by molar-refractivity contribution is 8.18. The van der Waals surface area contributed by atoms with Gasteiger partial charge in [-0.15, -0.1) is 0 Å². The molecule has 116 valence electrons. The van der Waals surface area contributed by atoms with Gasteiger partial charge >= 0.3 is 0 Å². The van der Waals surface area contributed by atoms with Crippen LogP contribution in [-0.4, -0.2) is 21.3 Å². The third-order valence-corrected chi connectivity index (χ3v) is 4.20. The third kappa shape index (κ3) is 3.37. The van der Waals surface area contributed by atoms with Crippen LogP contribution in [0.4, 0.5) is 5.69 Å². The van der Waals surface area contributed by atoms with Gasteiger partial charge in [0.1, 0.15) is 0 Å². The first-order valence-electron chi connectivity index (χ1n) is 6.90. The van der Waals surface area contributed by atoms with Crippen LogP contribution in [0.15, 0.2) is 52.4 Å². The Hall–Kier alpha value is -2.73. The van der Waals surface area contributed by atoms with Crippen molar-refractivity contribution in [1.29, 1.82) is 0 Å². The highest BCUT2D eigenvalue weighted by atomic mass is 32.2. The molecule has 0 saturated carbocycles. The molecule has 0 radical (unpaired) electrons. The Bertz CT molecular complexity index is 843. The molecule has 1 saturated heterocycles. The molecule has 3 rings (SSSR count). The van der Waals surface area contributed by atoms with Crippen molar-refractivity contribution >= 4 is 34.6 Å². The number of hydrogen-bond acceptors (Lipinski definition) is 5. The Labute approximate surface area is 137 Å². The first kappa shape index (κ1) is 15.2. The van der Waals surface area contributed by atoms with Gasteiger partial charge in [0, 0.05) is 0 Å². The summed E-state index contributed by atoms with van der Waals surface area (Å²) in [7, 11) is 0. The summed E-state index contributed by atoms with van der Waals surface area (Å²) in [5.74, 6) is -0.663. The molecule has 0 bridgehead atoms. The molecule has 6 heteroatoms. The minimum atomic E-state index is -0.241. The lowest BCUT2D eigenvalue weighted by atomic mass is 10.2. The lowest BCUT2D eigenvalue weighted by Gasteiger charge is -2.00. The van der Waals surface area contributed by atoms with Gasteiger partial charge in [-0.05, 0) is 54.1 Å². The molecule has 1 aliphatic rings. The highest BCUT2D eigenvalue weighted by Gasteiger charge is 2.24. The number of carbonyl (C=O) groups is 1. The van der Waals surface area contributed by atoms with E-state index in [-0.39, 0.29) is 17.4 Å². The zero-order valence-electron chi connectivity index (χ0n) is 12.3. The van der Waals surface area contributed by atoms with E-state index < -0.39 is 0 Å². The van der Waals surface area contributed by atoms with Crippen LogP contribution in [-0.2, 0) is 4.79 Å². The number of amidine groups is 1. The Morgan fingerprint density at radius 2 is 1.91 bits per heavy atom. The van der Waals surface area contributed by atoms with Crippen LogP contribution in [0.25, 0.3) is 6.08 Å². The average Bonchev–Trinajstić information content (AvgIpc) is 2.85. The maximum Gasteiger partial charge on any atom is 0.264 e. The van der Waals surface area contributed by atoms with E-state index in [4.69, 9.17) is 0 Å². The van der Waals surface area contributed by atoms with Gasteiger partial charge in [0.15, 0.2) is 16.7 Å². The highest BCUT2D eigenvalue weighted by Crippen LogP contribution is 2.31. The fraction of sp³-hybridized carbons (Fsp3) is 0.0588. The second kappa shape index (κ2) is 6.18. The van der Waals surface area contributed by atoms with Gasteiger partial charge in [-0.3, -0.25) is 4.79 Å². The van der Waals surface area contributed by atoms with Crippen LogP contribution in [0.1, 0.15) is 11.1 Å². The Kier molecular flexibility index (Phi) is 4.08. The minimum Gasteiger partial charge on any atom is -0.504 e. The smallest absolute Gasteiger partial charge is 0.264 e. The molecule has 0 atom stereocenters. The number of para-hydroxylation sites is 1. The van der Waals surface area contributed by atoms with Gasteiger partial charge in [0.25, 0.3) is 5.91 Å². The van der Waals surface area contributed by atoms with E-state index in [0.29, 0.717) is 15.6 Å². The van der Waals surface area contributed by atoms with Crippen LogP contribution in [0.2, 0.25) is 0 Å². The Morgan fingerprint density at radius 3 is 2.65 bits per heavy atom. The number of thioether (sulfide) groups is 1. The van der Waals surface area contributed by atoms with E-state index >= 15 is 0 Å². The van der Waals surface area contributed by atoms with E-state index in [1.165, 1.54) is 23.9 Å². The molecule has 1 amide bonds. The van der Waals surface area contributed by atoms with Crippen molar-refractivity contribution in [2.75, 3.05) is 0 Å². The summed E-state index contributed by atoms with van der Waals surface area (Å²) in [5.41, 5.74) is 2.45. The number of aryl methyl sites for hydroxylation is 1. The van der Waals surface area contributed by atoms with E-state index in [1.54, 1.807) is 12.1 Å². The first-order valence-corrected chi connectivity index (χ1v) is 7.72. The van der Waals surface area contributed by atoms with Crippen molar-refractivity contribution < 1.29 is 15.0 Å². The summed E-state index contributed by atoms with van der Waals surface area (Å²) in [6, 6.07) is 12.1. The maximum atomic E-state index is 12.0. The van der Waals surface area contributed by atoms with Gasteiger partial charge in [-0.1, -0.05) is 24.3 Å². The summed E-state index contributed by atoms with van der Waals surface area (Å²) >= 11 is 1.23. The number of carbonyl (C=O) groups excluding carboxylic acids is 1. The number of phenolic OH excluding ortho intramolecular Hbond substituents is 2. The van der Waals surface area contributed by atoms with E-state index in [2.05, 4.69) is 10.3 Å². The summed E-state index contributed by atoms with van der Waals surface area (Å²) in [4.78, 5) is 16.9. The number of nitrogens with one attached hydrogen (secondary N) is 1. The van der Waals surface area contributed by atoms with Crippen LogP contribution < -0.4 is 5.32 Å². The largest absolute Gasteiger partial charge is 0.504 e. The monoisotopic (exact) mass is 326 g/mol. The van der Waals surface area contributed by atoms with Gasteiger partial charge in [-0.25, -0.2) is 4.99 Å². The van der Waals surface area contributed by atoms with Crippen molar-refractivity contribution in [3.8, 4) is 11.5 Å². The van der Waals surface area contributed by atoms with Crippen LogP contribution in [0, 0.1) is 6.92 Å². The molecule has 0 aromatic heterocycles. The molecular formula is C17H14N2O3S. The number of hydrogen-bond donors (Lipinski definition) is 3. The first-order chi connectivity index (χ1) is 11.0. The summed E-state index contributed by atoms with van der Waals surface area (Å²) < 4.78 is 0. The van der Waals surface area contributed by atoms with Gasteiger partial charge in [0.05, 0.1) is 10.6 Å². The molecule has 1 aliphatic heterocycles. The molecule has 1 fully saturated rings. The molecule has 0 spiro atoms. The molecule has 0 unspecified atom stereocenters. The van der Waals surface area contributed by atoms with Crippen LogP contribution >= 0.6 is 11.8 Å². The molecule has 2 aromatic carbocycles. The quantitative estimate of drug-likeness (QED) is 0.584. The number of benzene rings is 2. The van der Waals surface area contributed by atoms with Crippen molar-refractivity contribution in [1.82, 2.24) is 5.32 Å². The van der Waals surface area contributed by atoms with E-state index in [1.807, 2.05) is 31.2 Å². The van der Waals surface area contributed by atoms with E-state index in [0.717, 1.165) is 11.3 Å². The minimum absolute atomic E-state index is 0.197. The van der Waals surface area contributed by atoms with Gasteiger partial charge in [-0.2, -0.15) is 0 Å². The fourth-order valence-corrected chi connectivity index (χ4v) is 2.90. The topological polar surface area (TPSA) is 81.9 Å². The normalized spacial score (nSPS) is 17.7. The zero-order chi connectivity index (χ0) is 16.4. The fourth-order valence-electron chi connectivity index (χ4n) is 2.06. The average molecular weight is 326 g/mol. The lowest BCUT2D eigenvalue weighted by Crippen LogP contribution is -2.19. The zero-order valence-corrected chi connectivity index (χ0v) is 13.1. The summed E-state index contributed by atoms with van der Waals surface area (Å²) in [5, 5.41) is 22.1. The number of nitrogens with zero attached hydrogens (tertiary/aromatic N) is 1. The summed E-state index contributed by atoms with van der Waals surface area (Å²) in [6.45, 7) is 1.96. The lowest BCUT2D eigenvalue weighted by molar-refractivity contribution is -0.115. The number of amides is 1. The van der Waals surface area contributed by atoms with E-state index in [9.17, 15) is 15.0 Å². The molecule has 0 aliphatic carbocycles. The van der Waals surface area contributed by atoms with Gasteiger partial charge in [0.2, 0.25) is 0 Å². The number of rotatable bonds is 2. The second-order valence-corrected chi connectivity index (χ2v) is 6.05. The third-order valence-electron chi connectivity index (χ3n) is 3.29. The summed E-state index contributed by atoms with van der Waals surface area (Å²) in [6.07, 6.45) is 1.64. The molecule has 23 heavy (non-hydrogen) atoms. The number of phenols is 2. The molecule has 3 N–H and O–H groups in total. The maximum absolute atomic E-state index is 12.0. The standard InChI is InChI=1S/C17H14N2O3S/c1-10-4-2-3-5-12(10)18-17-19-16(22)15(23-17)9-11-6-7-13(20)14(21)8-11/h2-9,20-21H,1H3,(H,18,19,22)/b15-9-. The second-order valence-electron chi connectivity index (χ2n) is 5.02. The SMILES string of the molecule is Cc1ccccc1N=C1NC(=O)/C(=C/c2ccc(O)c(O)c2)S1. The van der Waals surface area contributed by atoms with Crippen molar-refractivity contribution in [3.05, 3.63) is 58.5 Å². The molecule has 1 heterocycles. The number of aromatic hydroxyl groups is 2. The predicted octanol–water partition coefficient (Wildman–Crippen LogP) is 3.30. The Balaban J connectivity index is 1.86. The molecule has 5 nitrogen and oxygen atoms in total. The predicted molar refractivity (Wildman–Crippen MR) is 91.8 cm³/mol. The van der Waals surface area contributed by atoms with Crippen LogP contribution in [0.5, 0.6) is 11.5 Å². The van der Waals surface area contributed by atoms with Gasteiger partial charge < -0.3 is 15.5 Å². The Morgan fingerprint density at radius 1 is 1.13 bits per heavy atom. The molecular weight excluding hydrogens is 312 g/mol. The van der Waals surface area contributed by atoms with Crippen molar-refractivity contribution in [2.24, 2.45) is 4.99 Å². The van der Waals surface area contributed by atoms with Crippen LogP contribution in [0.3, 0.4) is 0 Å². The number of aliphatic imine (C=N–C) groups is 1. The van der Waals surface area contributed by atoms with Crippen molar-refractivity contribution in [2.45, 2.75) is 6.92 Å². The van der Waals surface area contributed by atoms with Crippen molar-refractivity contribution in [3.63, 3.8) is 0 Å².